The smallest absolute Gasteiger partial charge is 0.180 e. The Balaban J connectivity index is 1.74. The molecule has 1 nitrogen and oxygen atoms in total. The van der Waals surface area contributed by atoms with Crippen LogP contribution in [0.15, 0.2) is 164 Å². The number of phenolic OH excluding ortho intramolecular Hbond substituents is 1. The molecule has 0 saturated heterocycles. The molecule has 0 aliphatic carbocycles. The van der Waals surface area contributed by atoms with E-state index in [0.29, 0.717) is 5.75 Å². The molecule has 0 aromatic heterocycles. The lowest BCUT2D eigenvalue weighted by molar-refractivity contribution is 0.478. The Morgan fingerprint density at radius 2 is 0.750 bits per heavy atom. The summed E-state index contributed by atoms with van der Waals surface area (Å²) in [5, 5.41) is 21.3. The van der Waals surface area contributed by atoms with Crippen LogP contribution in [0.4, 0.5) is 0 Å². The number of fused-ring (bicyclic) bond motifs is 2. The summed E-state index contributed by atoms with van der Waals surface area (Å²) >= 11 is 0. The van der Waals surface area contributed by atoms with E-state index < -0.39 is 8.07 Å². The first-order valence-corrected chi connectivity index (χ1v) is 15.7. The predicted octanol–water partition coefficient (Wildman–Crippen LogP) is 6.74. The van der Waals surface area contributed by atoms with Gasteiger partial charge in [0, 0.05) is 5.56 Å². The number of aromatic hydroxyl groups is 1. The molecule has 0 amide bonds. The van der Waals surface area contributed by atoms with Crippen molar-refractivity contribution >= 4 is 50.4 Å². The third-order valence-corrected chi connectivity index (χ3v) is 12.9. The SMILES string of the molecule is Oc1ccc2ccccc2c1-c1c([Si](c2ccccc2)(c2ccccc2)c2ccccc2)ccc2ccccc12. The third-order valence-electron chi connectivity index (χ3n) is 8.11. The van der Waals surface area contributed by atoms with Gasteiger partial charge in [-0.2, -0.15) is 0 Å². The van der Waals surface area contributed by atoms with Crippen LogP contribution in [0.5, 0.6) is 5.75 Å². The van der Waals surface area contributed by atoms with Gasteiger partial charge in [0.2, 0.25) is 0 Å². The minimum atomic E-state index is -2.87. The molecular formula is C38H28OSi. The minimum Gasteiger partial charge on any atom is -0.507 e. The molecule has 2 heteroatoms. The molecule has 0 atom stereocenters. The first-order chi connectivity index (χ1) is 19.8. The fourth-order valence-electron chi connectivity index (χ4n) is 6.41. The van der Waals surface area contributed by atoms with Gasteiger partial charge in [0.25, 0.3) is 0 Å². The predicted molar refractivity (Wildman–Crippen MR) is 172 cm³/mol. The molecule has 0 aliphatic rings. The van der Waals surface area contributed by atoms with Gasteiger partial charge in [-0.1, -0.05) is 158 Å². The Kier molecular flexibility index (Phi) is 6.03. The topological polar surface area (TPSA) is 20.2 Å². The summed E-state index contributed by atoms with van der Waals surface area (Å²) in [6.45, 7) is 0. The van der Waals surface area contributed by atoms with Gasteiger partial charge in [0.05, 0.1) is 0 Å². The number of hydrogen-bond acceptors (Lipinski definition) is 1. The van der Waals surface area contributed by atoms with Crippen molar-refractivity contribution in [3.8, 4) is 16.9 Å². The van der Waals surface area contributed by atoms with Gasteiger partial charge in [-0.05, 0) is 53.9 Å². The van der Waals surface area contributed by atoms with Gasteiger partial charge in [0.15, 0.2) is 8.07 Å². The van der Waals surface area contributed by atoms with Crippen molar-refractivity contribution in [3.05, 3.63) is 164 Å². The zero-order chi connectivity index (χ0) is 26.9. The van der Waals surface area contributed by atoms with E-state index in [1.165, 1.54) is 20.7 Å². The first kappa shape index (κ1) is 24.1. The molecule has 7 aromatic carbocycles. The van der Waals surface area contributed by atoms with E-state index in [9.17, 15) is 5.11 Å². The van der Waals surface area contributed by atoms with Crippen LogP contribution in [-0.2, 0) is 0 Å². The molecule has 0 spiro atoms. The molecule has 190 valence electrons. The molecule has 0 aliphatic heterocycles. The molecular weight excluding hydrogens is 501 g/mol. The van der Waals surface area contributed by atoms with Crippen LogP contribution in [-0.4, -0.2) is 13.2 Å². The summed E-state index contributed by atoms with van der Waals surface area (Å²) in [6.07, 6.45) is 0. The highest BCUT2D eigenvalue weighted by atomic mass is 28.3. The van der Waals surface area contributed by atoms with Gasteiger partial charge in [-0.15, -0.1) is 0 Å². The van der Waals surface area contributed by atoms with Gasteiger partial charge in [-0.25, -0.2) is 0 Å². The van der Waals surface area contributed by atoms with Crippen molar-refractivity contribution in [3.63, 3.8) is 0 Å². The van der Waals surface area contributed by atoms with E-state index >= 15 is 0 Å². The van der Waals surface area contributed by atoms with Crippen molar-refractivity contribution in [1.82, 2.24) is 0 Å². The molecule has 0 bridgehead atoms. The molecule has 0 unspecified atom stereocenters. The summed E-state index contributed by atoms with van der Waals surface area (Å²) in [4.78, 5) is 0. The monoisotopic (exact) mass is 528 g/mol. The van der Waals surface area contributed by atoms with E-state index in [1.54, 1.807) is 0 Å². The summed E-state index contributed by atoms with van der Waals surface area (Å²) in [7, 11) is -2.87. The van der Waals surface area contributed by atoms with Crippen LogP contribution in [0, 0.1) is 0 Å². The average molecular weight is 529 g/mol. The van der Waals surface area contributed by atoms with Crippen LogP contribution in [0.2, 0.25) is 0 Å². The molecule has 1 N–H and O–H groups in total. The van der Waals surface area contributed by atoms with E-state index in [4.69, 9.17) is 0 Å². The Bertz CT molecular complexity index is 1850. The lowest BCUT2D eigenvalue weighted by Crippen LogP contribution is -2.75. The number of hydrogen-bond donors (Lipinski definition) is 1. The molecule has 0 radical (unpaired) electrons. The van der Waals surface area contributed by atoms with Gasteiger partial charge >= 0.3 is 0 Å². The Morgan fingerprint density at radius 3 is 1.25 bits per heavy atom. The highest BCUT2D eigenvalue weighted by Crippen LogP contribution is 2.40. The zero-order valence-electron chi connectivity index (χ0n) is 22.0. The van der Waals surface area contributed by atoms with Crippen molar-refractivity contribution in [2.24, 2.45) is 0 Å². The van der Waals surface area contributed by atoms with Crippen molar-refractivity contribution < 1.29 is 5.11 Å². The van der Waals surface area contributed by atoms with E-state index in [2.05, 4.69) is 152 Å². The Hall–Kier alpha value is -4.92. The summed E-state index contributed by atoms with van der Waals surface area (Å²) in [6, 6.07) is 58.3. The van der Waals surface area contributed by atoms with Crippen LogP contribution in [0.3, 0.4) is 0 Å². The molecule has 0 fully saturated rings. The lowest BCUT2D eigenvalue weighted by atomic mass is 9.93. The second-order valence-corrected chi connectivity index (χ2v) is 14.0. The van der Waals surface area contributed by atoms with Crippen LogP contribution < -0.4 is 20.7 Å². The molecule has 7 aromatic rings. The fraction of sp³-hybridized carbons (Fsp3) is 0. The largest absolute Gasteiger partial charge is 0.507 e. The van der Waals surface area contributed by atoms with E-state index in [-0.39, 0.29) is 0 Å². The van der Waals surface area contributed by atoms with Crippen molar-refractivity contribution in [1.29, 1.82) is 0 Å². The van der Waals surface area contributed by atoms with Crippen LogP contribution in [0.25, 0.3) is 32.7 Å². The first-order valence-electron chi connectivity index (χ1n) is 13.7. The number of rotatable bonds is 5. The normalized spacial score (nSPS) is 11.6. The Morgan fingerprint density at radius 1 is 0.350 bits per heavy atom. The average Bonchev–Trinajstić information content (AvgIpc) is 3.03. The zero-order valence-corrected chi connectivity index (χ0v) is 23.0. The standard InChI is InChI=1S/C38H28OSi/c39-35-26-24-28-14-10-12-22-33(28)37(35)38-34-23-13-11-15-29(34)25-27-36(38)40(30-16-4-1-5-17-30,31-18-6-2-7-19-31)32-20-8-3-9-21-32/h1-27,39H. The van der Waals surface area contributed by atoms with E-state index in [0.717, 1.165) is 32.7 Å². The fourth-order valence-corrected chi connectivity index (χ4v) is 11.4. The highest BCUT2D eigenvalue weighted by Gasteiger charge is 2.43. The van der Waals surface area contributed by atoms with Crippen molar-refractivity contribution in [2.75, 3.05) is 0 Å². The Labute approximate surface area is 235 Å². The summed E-state index contributed by atoms with van der Waals surface area (Å²) in [5.74, 6) is 0.299. The summed E-state index contributed by atoms with van der Waals surface area (Å²) < 4.78 is 0. The molecule has 40 heavy (non-hydrogen) atoms. The number of benzene rings is 7. The second kappa shape index (κ2) is 9.99. The van der Waals surface area contributed by atoms with Crippen molar-refractivity contribution in [2.45, 2.75) is 0 Å². The summed E-state index contributed by atoms with van der Waals surface area (Å²) in [5.41, 5.74) is 2.00. The molecule has 0 saturated carbocycles. The maximum atomic E-state index is 11.6. The third kappa shape index (κ3) is 3.76. The van der Waals surface area contributed by atoms with Crippen LogP contribution in [0.1, 0.15) is 0 Å². The number of phenols is 1. The van der Waals surface area contributed by atoms with Crippen LogP contribution >= 0.6 is 0 Å². The molecule has 7 rings (SSSR count). The van der Waals surface area contributed by atoms with Gasteiger partial charge in [0.1, 0.15) is 5.75 Å². The maximum Gasteiger partial charge on any atom is 0.180 e. The minimum absolute atomic E-state index is 0.299. The van der Waals surface area contributed by atoms with Gasteiger partial charge < -0.3 is 5.11 Å². The van der Waals surface area contributed by atoms with E-state index in [1.807, 2.05) is 12.1 Å². The molecule has 0 heterocycles. The quantitative estimate of drug-likeness (QED) is 0.194. The van der Waals surface area contributed by atoms with Gasteiger partial charge in [-0.3, -0.25) is 0 Å². The highest BCUT2D eigenvalue weighted by molar-refractivity contribution is 7.20. The lowest BCUT2D eigenvalue weighted by Gasteiger charge is -2.36. The maximum absolute atomic E-state index is 11.6. The second-order valence-electron chi connectivity index (χ2n) is 10.2.